The van der Waals surface area contributed by atoms with Gasteiger partial charge >= 0.3 is 5.97 Å². The number of methoxy groups -OCH3 is 1. The molecule has 0 saturated carbocycles. The number of amides is 3. The van der Waals surface area contributed by atoms with Crippen molar-refractivity contribution in [2.75, 3.05) is 20.3 Å². The van der Waals surface area contributed by atoms with E-state index in [1.807, 2.05) is 44.2 Å². The molecule has 1 heterocycles. The molecule has 1 aliphatic heterocycles. The number of rotatable bonds is 20. The summed E-state index contributed by atoms with van der Waals surface area (Å²) < 4.78 is 17.6. The van der Waals surface area contributed by atoms with Crippen LogP contribution in [0.2, 0.25) is 18.1 Å². The topological polar surface area (TPSA) is 135 Å². The van der Waals surface area contributed by atoms with E-state index in [1.54, 1.807) is 32.3 Å². The molecule has 12 heteroatoms. The molecule has 0 radical (unpaired) electrons. The van der Waals surface area contributed by atoms with E-state index in [2.05, 4.69) is 63.1 Å². The number of benzene rings is 1. The van der Waals surface area contributed by atoms with Gasteiger partial charge in [-0.3, -0.25) is 24.2 Å². The number of allylic oxidation sites excluding steroid dienone is 3. The van der Waals surface area contributed by atoms with Crippen molar-refractivity contribution >= 4 is 32.0 Å². The van der Waals surface area contributed by atoms with E-state index < -0.39 is 50.1 Å². The van der Waals surface area contributed by atoms with Gasteiger partial charge in [-0.15, -0.1) is 6.58 Å². The fourth-order valence-electron chi connectivity index (χ4n) is 5.55. The Morgan fingerprint density at radius 3 is 2.40 bits per heavy atom. The molecular formula is C40H64N4O7Si. The molecule has 3 amide bonds. The monoisotopic (exact) mass is 740 g/mol. The third-order valence-electron chi connectivity index (χ3n) is 9.85. The van der Waals surface area contributed by atoms with Crippen LogP contribution < -0.4 is 20.5 Å². The van der Waals surface area contributed by atoms with E-state index >= 15 is 0 Å². The largest absolute Gasteiger partial charge is 0.543 e. The molecule has 0 bridgehead atoms. The van der Waals surface area contributed by atoms with Crippen molar-refractivity contribution in [3.63, 3.8) is 0 Å². The molecule has 1 aliphatic rings. The Labute approximate surface area is 313 Å². The second kappa shape index (κ2) is 21.1. The average molecular weight is 741 g/mol. The number of nitrogens with one attached hydrogen (secondary N) is 3. The SMILES string of the molecule is C=CC=CCCOC(=O)[C@@H]1CCCN(C(=O)[C@H](Cc2cccc(O[Si](C)(C)C(C)(C)C)c2)NC(=O)[C@@H](NC(=O)[C@H](C)[C@@H](CCC=C)OC)C(C)C)N1. The lowest BCUT2D eigenvalue weighted by Crippen LogP contribution is -2.62. The van der Waals surface area contributed by atoms with Crippen molar-refractivity contribution in [1.29, 1.82) is 0 Å². The summed E-state index contributed by atoms with van der Waals surface area (Å²) in [7, 11) is -0.588. The van der Waals surface area contributed by atoms with Gasteiger partial charge in [0.05, 0.1) is 18.6 Å². The zero-order valence-corrected chi connectivity index (χ0v) is 34.0. The summed E-state index contributed by atoms with van der Waals surface area (Å²) in [5.41, 5.74) is 3.84. The lowest BCUT2D eigenvalue weighted by molar-refractivity contribution is -0.153. The molecule has 1 saturated heterocycles. The van der Waals surface area contributed by atoms with Gasteiger partial charge in [-0.2, -0.15) is 0 Å². The smallest absolute Gasteiger partial charge is 0.324 e. The minimum Gasteiger partial charge on any atom is -0.543 e. The van der Waals surface area contributed by atoms with Gasteiger partial charge in [-0.25, -0.2) is 5.43 Å². The quantitative estimate of drug-likeness (QED) is 0.0486. The summed E-state index contributed by atoms with van der Waals surface area (Å²) >= 11 is 0. The maximum Gasteiger partial charge on any atom is 0.324 e. The van der Waals surface area contributed by atoms with Crippen molar-refractivity contribution in [1.82, 2.24) is 21.1 Å². The predicted molar refractivity (Wildman–Crippen MR) is 209 cm³/mol. The molecule has 3 N–H and O–H groups in total. The maximum atomic E-state index is 14.3. The van der Waals surface area contributed by atoms with Gasteiger partial charge in [0.1, 0.15) is 23.9 Å². The minimum atomic E-state index is -2.15. The number of hydrogen-bond donors (Lipinski definition) is 3. The molecule has 11 nitrogen and oxygen atoms in total. The number of hydrazine groups is 1. The Morgan fingerprint density at radius 1 is 1.08 bits per heavy atom. The van der Waals surface area contributed by atoms with Gasteiger partial charge in [-0.1, -0.05) is 84.6 Å². The molecule has 2 rings (SSSR count). The number of ether oxygens (including phenoxy) is 2. The third-order valence-corrected chi connectivity index (χ3v) is 14.2. The fraction of sp³-hybridized carbons (Fsp3) is 0.600. The summed E-state index contributed by atoms with van der Waals surface area (Å²) in [4.78, 5) is 54.6. The van der Waals surface area contributed by atoms with E-state index in [0.29, 0.717) is 44.4 Å². The molecular weight excluding hydrogens is 677 g/mol. The van der Waals surface area contributed by atoms with E-state index in [0.717, 1.165) is 5.56 Å². The number of carbonyl (C=O) groups excluding carboxylic acids is 4. The highest BCUT2D eigenvalue weighted by Crippen LogP contribution is 2.37. The molecule has 52 heavy (non-hydrogen) atoms. The maximum absolute atomic E-state index is 14.3. The highest BCUT2D eigenvalue weighted by molar-refractivity contribution is 6.74. The first kappa shape index (κ1) is 44.4. The minimum absolute atomic E-state index is 0.0158. The lowest BCUT2D eigenvalue weighted by Gasteiger charge is -2.36. The second-order valence-electron chi connectivity index (χ2n) is 15.4. The van der Waals surface area contributed by atoms with Gasteiger partial charge in [0.15, 0.2) is 0 Å². The van der Waals surface area contributed by atoms with Crippen LogP contribution >= 0.6 is 0 Å². The molecule has 1 aromatic rings. The highest BCUT2D eigenvalue weighted by atomic mass is 28.4. The summed E-state index contributed by atoms with van der Waals surface area (Å²) in [6.45, 7) is 24.3. The Balaban J connectivity index is 2.36. The molecule has 290 valence electrons. The van der Waals surface area contributed by atoms with Gasteiger partial charge in [0, 0.05) is 20.1 Å². The molecule has 0 aliphatic carbocycles. The van der Waals surface area contributed by atoms with Crippen LogP contribution in [0.25, 0.3) is 0 Å². The van der Waals surface area contributed by atoms with E-state index in [-0.39, 0.29) is 36.0 Å². The highest BCUT2D eigenvalue weighted by Gasteiger charge is 2.39. The number of carbonyl (C=O) groups is 4. The van der Waals surface area contributed by atoms with Crippen LogP contribution in [0, 0.1) is 11.8 Å². The van der Waals surface area contributed by atoms with E-state index in [1.165, 1.54) is 5.01 Å². The first-order valence-corrected chi connectivity index (χ1v) is 21.4. The molecule has 0 aromatic heterocycles. The number of hydrogen-bond acceptors (Lipinski definition) is 8. The van der Waals surface area contributed by atoms with Crippen molar-refractivity contribution in [2.24, 2.45) is 11.8 Å². The zero-order chi connectivity index (χ0) is 39.1. The molecule has 0 unspecified atom stereocenters. The van der Waals surface area contributed by atoms with E-state index in [9.17, 15) is 19.2 Å². The van der Waals surface area contributed by atoms with Crippen molar-refractivity contribution in [3.8, 4) is 5.75 Å². The Hall–Kier alpha value is -3.74. The normalized spacial score (nSPS) is 17.5. The average Bonchev–Trinajstić information content (AvgIpc) is 3.09. The Bertz CT molecular complexity index is 1390. The van der Waals surface area contributed by atoms with Gasteiger partial charge in [-0.05, 0) is 73.9 Å². The van der Waals surface area contributed by atoms with Crippen LogP contribution in [-0.2, 0) is 35.1 Å². The van der Waals surface area contributed by atoms with Crippen LogP contribution in [-0.4, -0.2) is 81.5 Å². The van der Waals surface area contributed by atoms with Crippen LogP contribution in [0.1, 0.15) is 79.2 Å². The zero-order valence-electron chi connectivity index (χ0n) is 33.0. The van der Waals surface area contributed by atoms with Gasteiger partial charge in [0.25, 0.3) is 5.91 Å². The van der Waals surface area contributed by atoms with Gasteiger partial charge < -0.3 is 24.5 Å². The Kier molecular flexibility index (Phi) is 18.0. The lowest BCUT2D eigenvalue weighted by atomic mass is 9.96. The first-order valence-electron chi connectivity index (χ1n) is 18.5. The molecule has 0 spiro atoms. The molecule has 1 aromatic carbocycles. The van der Waals surface area contributed by atoms with Gasteiger partial charge in [0.2, 0.25) is 20.1 Å². The summed E-state index contributed by atoms with van der Waals surface area (Å²) in [6.07, 6.45) is 9.81. The van der Waals surface area contributed by atoms with Crippen LogP contribution in [0.3, 0.4) is 0 Å². The predicted octanol–water partition coefficient (Wildman–Crippen LogP) is 6.03. The third kappa shape index (κ3) is 13.7. The molecule has 1 fully saturated rings. The molecule has 5 atom stereocenters. The fourth-order valence-corrected chi connectivity index (χ4v) is 6.57. The summed E-state index contributed by atoms with van der Waals surface area (Å²) in [6, 6.07) is 4.95. The number of esters is 1. The second-order valence-corrected chi connectivity index (χ2v) is 20.1. The van der Waals surface area contributed by atoms with E-state index in [4.69, 9.17) is 13.9 Å². The van der Waals surface area contributed by atoms with Crippen LogP contribution in [0.15, 0.2) is 61.7 Å². The van der Waals surface area contributed by atoms with Crippen molar-refractivity contribution < 1.29 is 33.1 Å². The van der Waals surface area contributed by atoms with Crippen LogP contribution in [0.5, 0.6) is 5.75 Å². The Morgan fingerprint density at radius 2 is 1.79 bits per heavy atom. The van der Waals surface area contributed by atoms with Crippen LogP contribution in [0.4, 0.5) is 0 Å². The summed E-state index contributed by atoms with van der Waals surface area (Å²) in [5.74, 6) is -1.75. The standard InChI is InChI=1S/C40H64N4O7Si/c1-12-14-16-17-25-50-39(48)32-22-19-24-44(43-32)38(47)33(27-30-20-18-21-31(26-30)51-52(10,11)40(6,7)8)41-37(46)35(28(3)4)42-36(45)29(5)34(49-9)23-15-13-2/h12-14,16,18,20-21,26,28-29,32-35,43H,1-2,15,17,19,22-25,27H2,3-11H3,(H,41,46)(H,42,45)/t29-,32+,33+,34-,35+/m1/s1. The van der Waals surface area contributed by atoms with Crippen molar-refractivity contribution in [2.45, 2.75) is 122 Å². The number of nitrogens with zero attached hydrogens (tertiary/aromatic N) is 1. The summed E-state index contributed by atoms with van der Waals surface area (Å²) in [5, 5.41) is 7.27. The van der Waals surface area contributed by atoms with Crippen molar-refractivity contribution in [3.05, 3.63) is 67.3 Å². The first-order chi connectivity index (χ1) is 24.4.